The Kier molecular flexibility index (Phi) is 8.01. The molecule has 0 radical (unpaired) electrons. The Balaban J connectivity index is 1.57. The normalized spacial score (nSPS) is 43.3. The van der Waals surface area contributed by atoms with Crippen LogP contribution in [0.25, 0.3) is 0 Å². The first-order valence-electron chi connectivity index (χ1n) is 9.17. The Hall–Kier alpha value is -0.250. The van der Waals surface area contributed by atoms with E-state index < -0.39 is 82.6 Å². The van der Waals surface area contributed by atoms with E-state index in [4.69, 9.17) is 27.8 Å². The van der Waals surface area contributed by atoms with Gasteiger partial charge in [0, 0.05) is 0 Å². The minimum absolute atomic E-state index is 0.124. The number of hydrogen-bond acceptors (Lipinski definition) is 13. The fourth-order valence-corrected chi connectivity index (χ4v) is 4.26. The van der Waals surface area contributed by atoms with Gasteiger partial charge in [-0.15, -0.1) is 0 Å². The number of phosphoric acid groups is 1. The molecule has 0 bridgehead atoms. The van der Waals surface area contributed by atoms with E-state index in [0.29, 0.717) is 0 Å². The quantitative estimate of drug-likeness (QED) is 0.191. The number of rotatable bonds is 9. The van der Waals surface area contributed by atoms with Gasteiger partial charge in [0.25, 0.3) is 0 Å². The lowest BCUT2D eigenvalue weighted by molar-refractivity contribution is -0.0397. The van der Waals surface area contributed by atoms with E-state index in [9.17, 15) is 35.2 Å². The van der Waals surface area contributed by atoms with Gasteiger partial charge in [-0.1, -0.05) is 0 Å². The Bertz CT molecular complexity index is 502. The average molecular weight is 446 g/mol. The van der Waals surface area contributed by atoms with Gasteiger partial charge in [-0.3, -0.25) is 13.6 Å². The van der Waals surface area contributed by atoms with Gasteiger partial charge in [-0.25, -0.2) is 4.57 Å². The summed E-state index contributed by atoms with van der Waals surface area (Å²) in [5.74, 6) is 0. The maximum atomic E-state index is 13.0. The Labute approximate surface area is 166 Å². The lowest BCUT2D eigenvalue weighted by atomic mass is 10.2. The van der Waals surface area contributed by atoms with Crippen LogP contribution in [-0.4, -0.2) is 125 Å². The van der Waals surface area contributed by atoms with Crippen molar-refractivity contribution in [1.82, 2.24) is 0 Å². The number of aliphatic hydroxyl groups excluding tert-OH is 6. The zero-order valence-corrected chi connectivity index (χ0v) is 16.3. The van der Waals surface area contributed by atoms with Crippen LogP contribution in [0.5, 0.6) is 0 Å². The zero-order valence-electron chi connectivity index (χ0n) is 15.4. The van der Waals surface area contributed by atoms with Gasteiger partial charge in [0.15, 0.2) is 0 Å². The topological polar surface area (TPSA) is 194 Å². The summed E-state index contributed by atoms with van der Waals surface area (Å²) in [7, 11) is -4.33. The van der Waals surface area contributed by atoms with Gasteiger partial charge in [0.2, 0.25) is 0 Å². The van der Waals surface area contributed by atoms with Gasteiger partial charge >= 0.3 is 7.82 Å². The van der Waals surface area contributed by atoms with Gasteiger partial charge in [0.05, 0.1) is 39.6 Å². The van der Waals surface area contributed by atoms with Crippen LogP contribution in [0.15, 0.2) is 0 Å². The standard InChI is InChI=1S/C15H27O13P/c16-7-1-23-10(13(7)19)4-26-29(22,27-5-11-14(20)8(17)2-24-11)28-6-12-15(21)9(18)3-25-12/h7-21H,1-6H2/t7-,8-,9-,10-,11-,12-,13-,14-,15-/m1/s1. The summed E-state index contributed by atoms with van der Waals surface area (Å²) in [5, 5.41) is 57.9. The Morgan fingerprint density at radius 1 is 0.621 bits per heavy atom. The first kappa shape index (κ1) is 23.4. The second-order valence-corrected chi connectivity index (χ2v) is 8.79. The third-order valence-electron chi connectivity index (χ3n) is 4.96. The summed E-state index contributed by atoms with van der Waals surface area (Å²) < 4.78 is 44.0. The monoisotopic (exact) mass is 446 g/mol. The molecule has 29 heavy (non-hydrogen) atoms. The van der Waals surface area contributed by atoms with Crippen molar-refractivity contribution in [2.75, 3.05) is 39.6 Å². The summed E-state index contributed by atoms with van der Waals surface area (Å²) in [4.78, 5) is 0. The highest BCUT2D eigenvalue weighted by Crippen LogP contribution is 2.50. The second-order valence-electron chi connectivity index (χ2n) is 7.12. The largest absolute Gasteiger partial charge is 0.475 e. The minimum Gasteiger partial charge on any atom is -0.388 e. The molecular weight excluding hydrogens is 419 g/mol. The molecule has 3 heterocycles. The van der Waals surface area contributed by atoms with E-state index >= 15 is 0 Å². The molecule has 0 aromatic rings. The lowest BCUT2D eigenvalue weighted by Crippen LogP contribution is -2.35. The fraction of sp³-hybridized carbons (Fsp3) is 1.00. The van der Waals surface area contributed by atoms with E-state index in [2.05, 4.69) is 0 Å². The molecular formula is C15H27O13P. The molecule has 0 unspecified atom stereocenters. The average Bonchev–Trinajstić information content (AvgIpc) is 3.31. The molecule has 13 nitrogen and oxygen atoms in total. The van der Waals surface area contributed by atoms with Crippen LogP contribution in [0.4, 0.5) is 0 Å². The number of phosphoric ester groups is 1. The molecule has 14 heteroatoms. The van der Waals surface area contributed by atoms with E-state index in [1.54, 1.807) is 0 Å². The van der Waals surface area contributed by atoms with Crippen LogP contribution < -0.4 is 0 Å². The van der Waals surface area contributed by atoms with E-state index in [1.807, 2.05) is 0 Å². The van der Waals surface area contributed by atoms with Crippen molar-refractivity contribution in [3.63, 3.8) is 0 Å². The Morgan fingerprint density at radius 2 is 0.897 bits per heavy atom. The van der Waals surface area contributed by atoms with Gasteiger partial charge in [-0.05, 0) is 0 Å². The number of ether oxygens (including phenoxy) is 3. The molecule has 170 valence electrons. The molecule has 0 spiro atoms. The van der Waals surface area contributed by atoms with Crippen molar-refractivity contribution >= 4 is 7.82 Å². The maximum Gasteiger partial charge on any atom is 0.475 e. The SMILES string of the molecule is O=P(OC[C@H]1OC[C@@H](O)[C@H]1O)(OC[C@H]1OC[C@@H](O)[C@H]1O)OC[C@H]1OC[C@@H](O)[C@H]1O. The summed E-state index contributed by atoms with van der Waals surface area (Å²) >= 11 is 0. The Morgan fingerprint density at radius 3 is 1.10 bits per heavy atom. The minimum atomic E-state index is -4.33. The predicted molar refractivity (Wildman–Crippen MR) is 90.7 cm³/mol. The van der Waals surface area contributed by atoms with Crippen LogP contribution in [-0.2, 0) is 32.3 Å². The van der Waals surface area contributed by atoms with E-state index in [0.717, 1.165) is 0 Å². The number of aliphatic hydroxyl groups is 6. The molecule has 3 aliphatic rings. The van der Waals surface area contributed by atoms with E-state index in [1.165, 1.54) is 0 Å². The van der Waals surface area contributed by atoms with Gasteiger partial charge < -0.3 is 44.8 Å². The summed E-state index contributed by atoms with van der Waals surface area (Å²) in [6, 6.07) is 0. The van der Waals surface area contributed by atoms with Crippen LogP contribution >= 0.6 is 7.82 Å². The molecule has 0 aromatic carbocycles. The van der Waals surface area contributed by atoms with Crippen LogP contribution in [0.3, 0.4) is 0 Å². The van der Waals surface area contributed by atoms with Gasteiger partial charge in [-0.2, -0.15) is 0 Å². The highest BCUT2D eigenvalue weighted by Gasteiger charge is 2.42. The molecule has 3 aliphatic heterocycles. The van der Waals surface area contributed by atoms with E-state index in [-0.39, 0.29) is 19.8 Å². The van der Waals surface area contributed by atoms with Crippen molar-refractivity contribution in [2.24, 2.45) is 0 Å². The third kappa shape index (κ3) is 5.71. The smallest absolute Gasteiger partial charge is 0.388 e. The van der Waals surface area contributed by atoms with Crippen LogP contribution in [0.1, 0.15) is 0 Å². The van der Waals surface area contributed by atoms with Crippen LogP contribution in [0.2, 0.25) is 0 Å². The maximum absolute atomic E-state index is 13.0. The van der Waals surface area contributed by atoms with Crippen LogP contribution in [0, 0.1) is 0 Å². The summed E-state index contributed by atoms with van der Waals surface area (Å²) in [6.45, 7) is -1.70. The molecule has 3 rings (SSSR count). The summed E-state index contributed by atoms with van der Waals surface area (Å²) in [6.07, 6.45) is -10.0. The van der Waals surface area contributed by atoms with Crippen molar-refractivity contribution in [1.29, 1.82) is 0 Å². The number of hydrogen-bond donors (Lipinski definition) is 6. The molecule has 3 fully saturated rings. The molecule has 9 atom stereocenters. The molecule has 0 amide bonds. The summed E-state index contributed by atoms with van der Waals surface area (Å²) in [5.41, 5.74) is 0. The van der Waals surface area contributed by atoms with Gasteiger partial charge in [0.1, 0.15) is 54.9 Å². The van der Waals surface area contributed by atoms with Crippen molar-refractivity contribution in [3.05, 3.63) is 0 Å². The third-order valence-corrected chi connectivity index (χ3v) is 6.36. The van der Waals surface area contributed by atoms with Crippen molar-refractivity contribution < 1.29 is 63.0 Å². The highest BCUT2D eigenvalue weighted by atomic mass is 31.2. The molecule has 0 aromatic heterocycles. The highest BCUT2D eigenvalue weighted by molar-refractivity contribution is 7.48. The molecule has 0 aliphatic carbocycles. The first-order chi connectivity index (χ1) is 13.7. The second kappa shape index (κ2) is 9.92. The fourth-order valence-electron chi connectivity index (χ4n) is 3.05. The predicted octanol–water partition coefficient (Wildman–Crippen LogP) is -3.49. The first-order valence-corrected chi connectivity index (χ1v) is 10.6. The van der Waals surface area contributed by atoms with Crippen molar-refractivity contribution in [3.8, 4) is 0 Å². The lowest BCUT2D eigenvalue weighted by Gasteiger charge is -2.24. The van der Waals surface area contributed by atoms with Crippen molar-refractivity contribution in [2.45, 2.75) is 54.9 Å². The molecule has 3 saturated heterocycles. The zero-order chi connectivity index (χ0) is 21.2. The molecule has 0 saturated carbocycles. The molecule has 6 N–H and O–H groups in total.